The number of para-hydroxylation sites is 2. The number of nitriles is 1. The predicted molar refractivity (Wildman–Crippen MR) is 310 cm³/mol. The SMILES string of the molecule is Cc1cc(C)nc(-c2cc(-n3c4ccccc4c4ccc(-c5nc(-c6ccccc6)nc(-c6ccccc6)n5)cc43)c(-n3c4ccccc4c4ccc(-c5nc(-c6ccccc6)nc(-c6ccccc6)n5)cc43)cc2C#N)n1. The van der Waals surface area contributed by atoms with Gasteiger partial charge in [-0.15, -0.1) is 0 Å². The summed E-state index contributed by atoms with van der Waals surface area (Å²) in [6.07, 6.45) is 0. The van der Waals surface area contributed by atoms with Crippen LogP contribution < -0.4 is 0 Å². The van der Waals surface area contributed by atoms with E-state index in [0.29, 0.717) is 51.9 Å². The largest absolute Gasteiger partial charge is 0.307 e. The van der Waals surface area contributed by atoms with Crippen molar-refractivity contribution in [1.29, 1.82) is 5.26 Å². The van der Waals surface area contributed by atoms with Crippen molar-refractivity contribution < 1.29 is 0 Å². The van der Waals surface area contributed by atoms with E-state index in [9.17, 15) is 5.26 Å². The molecule has 0 saturated heterocycles. The van der Waals surface area contributed by atoms with Crippen molar-refractivity contribution >= 4 is 43.6 Å². The monoisotopic (exact) mass is 1000 g/mol. The van der Waals surface area contributed by atoms with Crippen LogP contribution in [0, 0.1) is 25.2 Å². The van der Waals surface area contributed by atoms with Gasteiger partial charge < -0.3 is 9.13 Å². The van der Waals surface area contributed by atoms with E-state index in [1.54, 1.807) is 0 Å². The lowest BCUT2D eigenvalue weighted by Crippen LogP contribution is -2.07. The summed E-state index contributed by atoms with van der Waals surface area (Å²) in [6, 6.07) is 78.3. The zero-order valence-electron chi connectivity index (χ0n) is 42.3. The van der Waals surface area contributed by atoms with Crippen molar-refractivity contribution in [2.45, 2.75) is 13.8 Å². The molecular weight excluding hydrogens is 959 g/mol. The molecule has 0 N–H and O–H groups in total. The summed E-state index contributed by atoms with van der Waals surface area (Å²) in [7, 11) is 0. The molecule has 5 aromatic heterocycles. The number of benzene rings is 9. The molecule has 0 spiro atoms. The van der Waals surface area contributed by atoms with Crippen molar-refractivity contribution in [3.05, 3.63) is 241 Å². The van der Waals surface area contributed by atoms with Crippen molar-refractivity contribution in [2.24, 2.45) is 0 Å². The topological polar surface area (TPSA) is 137 Å². The van der Waals surface area contributed by atoms with E-state index < -0.39 is 0 Å². The minimum Gasteiger partial charge on any atom is -0.307 e. The van der Waals surface area contributed by atoms with Crippen LogP contribution >= 0.6 is 0 Å². The molecular formula is C67H43N11. The maximum atomic E-state index is 11.3. The highest BCUT2D eigenvalue weighted by Crippen LogP contribution is 2.42. The van der Waals surface area contributed by atoms with E-state index in [0.717, 1.165) is 99.8 Å². The molecule has 0 amide bonds. The molecule has 14 rings (SSSR count). The fraction of sp³-hybridized carbons (Fsp3) is 0.0299. The molecule has 0 unspecified atom stereocenters. The van der Waals surface area contributed by atoms with Gasteiger partial charge in [-0.3, -0.25) is 0 Å². The van der Waals surface area contributed by atoms with Crippen molar-refractivity contribution in [1.82, 2.24) is 49.0 Å². The van der Waals surface area contributed by atoms with Gasteiger partial charge in [0.15, 0.2) is 40.8 Å². The third-order valence-corrected chi connectivity index (χ3v) is 14.2. The van der Waals surface area contributed by atoms with Crippen LogP contribution in [0.15, 0.2) is 224 Å². The van der Waals surface area contributed by atoms with E-state index in [1.165, 1.54) is 0 Å². The Morgan fingerprint density at radius 3 is 1.01 bits per heavy atom. The van der Waals surface area contributed by atoms with Gasteiger partial charge in [0.2, 0.25) is 0 Å². The Hall–Kier alpha value is -10.8. The molecule has 0 atom stereocenters. The lowest BCUT2D eigenvalue weighted by Gasteiger charge is -2.19. The number of hydrogen-bond acceptors (Lipinski definition) is 9. The lowest BCUT2D eigenvalue weighted by atomic mass is 10.0. The Morgan fingerprint density at radius 2 is 0.628 bits per heavy atom. The van der Waals surface area contributed by atoms with Gasteiger partial charge in [0.05, 0.1) is 45.1 Å². The quantitative estimate of drug-likeness (QED) is 0.138. The summed E-state index contributed by atoms with van der Waals surface area (Å²) in [4.78, 5) is 40.5. The Labute approximate surface area is 448 Å². The second-order valence-corrected chi connectivity index (χ2v) is 19.2. The number of aromatic nitrogens is 10. The number of hydrogen-bond donors (Lipinski definition) is 0. The van der Waals surface area contributed by atoms with Gasteiger partial charge in [-0.1, -0.05) is 182 Å². The van der Waals surface area contributed by atoms with E-state index in [2.05, 4.69) is 106 Å². The molecule has 78 heavy (non-hydrogen) atoms. The molecule has 0 aliphatic heterocycles. The summed E-state index contributed by atoms with van der Waals surface area (Å²) in [6.45, 7) is 3.91. The Morgan fingerprint density at radius 1 is 0.295 bits per heavy atom. The van der Waals surface area contributed by atoms with Crippen molar-refractivity contribution in [2.75, 3.05) is 0 Å². The maximum absolute atomic E-state index is 11.3. The molecule has 0 fully saturated rings. The first-order valence-electron chi connectivity index (χ1n) is 25.6. The van der Waals surface area contributed by atoms with Crippen LogP contribution in [0.1, 0.15) is 17.0 Å². The third kappa shape index (κ3) is 8.00. The molecule has 14 aromatic rings. The molecule has 11 heteroatoms. The second kappa shape index (κ2) is 18.8. The summed E-state index contributed by atoms with van der Waals surface area (Å²) >= 11 is 0. The smallest absolute Gasteiger partial charge is 0.164 e. The molecule has 5 heterocycles. The lowest BCUT2D eigenvalue weighted by molar-refractivity contribution is 1.05. The molecule has 9 aromatic carbocycles. The minimum atomic E-state index is 0.423. The van der Waals surface area contributed by atoms with Gasteiger partial charge in [0.1, 0.15) is 0 Å². The highest BCUT2D eigenvalue weighted by atomic mass is 15.1. The van der Waals surface area contributed by atoms with E-state index >= 15 is 0 Å². The summed E-state index contributed by atoms with van der Waals surface area (Å²) in [5, 5.41) is 15.4. The third-order valence-electron chi connectivity index (χ3n) is 14.2. The average Bonchev–Trinajstić information content (AvgIpc) is 4.14. The van der Waals surface area contributed by atoms with Gasteiger partial charge in [-0.05, 0) is 56.3 Å². The summed E-state index contributed by atoms with van der Waals surface area (Å²) < 4.78 is 4.56. The first-order valence-corrected chi connectivity index (χ1v) is 25.6. The van der Waals surface area contributed by atoms with E-state index in [1.807, 2.05) is 147 Å². The molecule has 0 aliphatic rings. The van der Waals surface area contributed by atoms with Gasteiger partial charge in [0.25, 0.3) is 0 Å². The van der Waals surface area contributed by atoms with Crippen molar-refractivity contribution in [3.8, 4) is 97.2 Å². The van der Waals surface area contributed by atoms with Gasteiger partial charge in [0, 0.05) is 71.9 Å². The number of rotatable bonds is 9. The Balaban J connectivity index is 1.06. The second-order valence-electron chi connectivity index (χ2n) is 19.2. The fourth-order valence-electron chi connectivity index (χ4n) is 10.7. The minimum absolute atomic E-state index is 0.423. The summed E-state index contributed by atoms with van der Waals surface area (Å²) in [5.74, 6) is 3.81. The van der Waals surface area contributed by atoms with Crippen LogP contribution in [0.4, 0.5) is 0 Å². The Kier molecular flexibility index (Phi) is 11.0. The van der Waals surface area contributed by atoms with E-state index in [-0.39, 0.29) is 0 Å². The van der Waals surface area contributed by atoms with Gasteiger partial charge in [-0.25, -0.2) is 39.9 Å². The van der Waals surface area contributed by atoms with Gasteiger partial charge in [-0.2, -0.15) is 5.26 Å². The molecule has 0 radical (unpaired) electrons. The highest BCUT2D eigenvalue weighted by molar-refractivity contribution is 6.12. The highest BCUT2D eigenvalue weighted by Gasteiger charge is 2.25. The maximum Gasteiger partial charge on any atom is 0.164 e. The standard InChI is InChI=1S/C67H43N11/c1-41-35-42(2)70-67(69-41)54-39-60(78-56-30-18-16-28-51(56)53-34-32-48(37-58(53)78)66-75-63(45-23-11-5-12-24-45)72-64(76-66)46-25-13-6-14-26-46)59(38-49(54)40-68)77-55-29-17-15-27-50(55)52-33-31-47(36-57(52)77)65-73-61(43-19-7-3-8-20-43)71-62(74-65)44-21-9-4-10-22-44/h3-39H,1-2H3. The normalized spacial score (nSPS) is 11.4. The zero-order chi connectivity index (χ0) is 52.3. The molecule has 366 valence electrons. The number of fused-ring (bicyclic) bond motifs is 6. The van der Waals surface area contributed by atoms with Crippen LogP contribution in [0.5, 0.6) is 0 Å². The van der Waals surface area contributed by atoms with Crippen LogP contribution in [0.2, 0.25) is 0 Å². The Bertz CT molecular complexity index is 4560. The fourth-order valence-corrected chi connectivity index (χ4v) is 10.7. The van der Waals surface area contributed by atoms with Crippen LogP contribution in [-0.2, 0) is 0 Å². The molecule has 11 nitrogen and oxygen atoms in total. The first-order chi connectivity index (χ1) is 38.4. The van der Waals surface area contributed by atoms with Crippen LogP contribution in [0.3, 0.4) is 0 Å². The molecule has 0 saturated carbocycles. The first kappa shape index (κ1) is 45.8. The number of nitrogens with zero attached hydrogens (tertiary/aromatic N) is 11. The molecule has 0 aliphatic carbocycles. The molecule has 0 bridgehead atoms. The summed E-state index contributed by atoms with van der Waals surface area (Å²) in [5.41, 5.74) is 13.0. The average molecular weight is 1000 g/mol. The van der Waals surface area contributed by atoms with Crippen LogP contribution in [-0.4, -0.2) is 49.0 Å². The zero-order valence-corrected chi connectivity index (χ0v) is 42.3. The van der Waals surface area contributed by atoms with E-state index in [4.69, 9.17) is 39.9 Å². The number of aryl methyl sites for hydroxylation is 2. The van der Waals surface area contributed by atoms with Gasteiger partial charge >= 0.3 is 0 Å². The van der Waals surface area contributed by atoms with Crippen LogP contribution in [0.25, 0.3) is 135 Å². The van der Waals surface area contributed by atoms with Crippen molar-refractivity contribution in [3.63, 3.8) is 0 Å². The predicted octanol–water partition coefficient (Wildman–Crippen LogP) is 15.2.